The minimum atomic E-state index is -0.549. The van der Waals surface area contributed by atoms with E-state index < -0.39 is 5.60 Å². The van der Waals surface area contributed by atoms with Crippen molar-refractivity contribution < 1.29 is 14.6 Å². The van der Waals surface area contributed by atoms with E-state index >= 15 is 0 Å². The summed E-state index contributed by atoms with van der Waals surface area (Å²) in [5.41, 5.74) is 8.84. The minimum absolute atomic E-state index is 0.00536. The zero-order valence-electron chi connectivity index (χ0n) is 25.5. The number of nitrogens with zero attached hydrogens (tertiary/aromatic N) is 2. The van der Waals surface area contributed by atoms with Crippen LogP contribution in [0.1, 0.15) is 60.6 Å². The van der Waals surface area contributed by atoms with Gasteiger partial charge in [0.1, 0.15) is 17.0 Å². The first kappa shape index (κ1) is 27.2. The molecule has 4 aromatic carbocycles. The van der Waals surface area contributed by atoms with E-state index in [1.807, 2.05) is 37.3 Å². The summed E-state index contributed by atoms with van der Waals surface area (Å²) in [6, 6.07) is 28.6. The third-order valence-electron chi connectivity index (χ3n) is 9.15. The lowest BCUT2D eigenvalue weighted by atomic mass is 9.65. The largest absolute Gasteiger partial charge is 0.506 e. The Labute approximate surface area is 252 Å². The van der Waals surface area contributed by atoms with Crippen LogP contribution in [-0.4, -0.2) is 22.0 Å². The van der Waals surface area contributed by atoms with Gasteiger partial charge < -0.3 is 14.6 Å². The van der Waals surface area contributed by atoms with Gasteiger partial charge >= 0.3 is 0 Å². The Bertz CT molecular complexity index is 1940. The van der Waals surface area contributed by atoms with Crippen molar-refractivity contribution in [3.05, 3.63) is 118 Å². The molecule has 0 fully saturated rings. The SMILES string of the molecule is Cc1cc(O)c2nc(Oc3cc(C4=N[C@H]5CC(C)(C)c6ccccc6[C@@]5(C)O4)cc(-c4c(C)cccc4C)c3)ccc2c1. The molecule has 0 amide bonds. The molecule has 1 aromatic heterocycles. The van der Waals surface area contributed by atoms with E-state index in [4.69, 9.17) is 14.5 Å². The fourth-order valence-corrected chi connectivity index (χ4v) is 6.99. The number of aryl methyl sites for hydroxylation is 3. The van der Waals surface area contributed by atoms with Crippen molar-refractivity contribution >= 4 is 16.8 Å². The second-order valence-corrected chi connectivity index (χ2v) is 12.9. The van der Waals surface area contributed by atoms with Gasteiger partial charge in [-0.15, -0.1) is 0 Å². The van der Waals surface area contributed by atoms with Crippen molar-refractivity contribution in [2.24, 2.45) is 4.99 Å². The highest BCUT2D eigenvalue weighted by Gasteiger charge is 2.52. The lowest BCUT2D eigenvalue weighted by Crippen LogP contribution is -2.45. The van der Waals surface area contributed by atoms with Gasteiger partial charge in [-0.1, -0.05) is 56.3 Å². The van der Waals surface area contributed by atoms with Gasteiger partial charge in [-0.25, -0.2) is 9.98 Å². The lowest BCUT2D eigenvalue weighted by Gasteiger charge is -2.43. The molecule has 1 aliphatic carbocycles. The summed E-state index contributed by atoms with van der Waals surface area (Å²) in [7, 11) is 0. The van der Waals surface area contributed by atoms with E-state index in [1.54, 1.807) is 6.07 Å². The second kappa shape index (κ2) is 9.70. The molecular formula is C38H36N2O3. The molecule has 2 aliphatic rings. The predicted octanol–water partition coefficient (Wildman–Crippen LogP) is 9.07. The number of aromatic hydroxyl groups is 1. The van der Waals surface area contributed by atoms with Crippen molar-refractivity contribution in [3.63, 3.8) is 0 Å². The highest BCUT2D eigenvalue weighted by atomic mass is 16.5. The molecule has 216 valence electrons. The summed E-state index contributed by atoms with van der Waals surface area (Å²) in [6.45, 7) is 13.0. The van der Waals surface area contributed by atoms with Crippen LogP contribution in [0.25, 0.3) is 22.0 Å². The number of rotatable bonds is 4. The van der Waals surface area contributed by atoms with Crippen molar-refractivity contribution in [1.82, 2.24) is 4.98 Å². The van der Waals surface area contributed by atoms with Gasteiger partial charge in [0.2, 0.25) is 11.8 Å². The smallest absolute Gasteiger partial charge is 0.219 e. The first-order valence-electron chi connectivity index (χ1n) is 14.9. The Kier molecular flexibility index (Phi) is 6.14. The molecule has 7 rings (SSSR count). The number of phenols is 1. The summed E-state index contributed by atoms with van der Waals surface area (Å²) in [4.78, 5) is 9.88. The van der Waals surface area contributed by atoms with E-state index in [0.717, 1.165) is 34.1 Å². The molecule has 0 saturated heterocycles. The van der Waals surface area contributed by atoms with Gasteiger partial charge in [0.25, 0.3) is 0 Å². The summed E-state index contributed by atoms with van der Waals surface area (Å²) in [5, 5.41) is 11.4. The number of aromatic nitrogens is 1. The monoisotopic (exact) mass is 568 g/mol. The molecule has 5 heteroatoms. The molecule has 5 aromatic rings. The lowest BCUT2D eigenvalue weighted by molar-refractivity contribution is 0.0506. The maximum absolute atomic E-state index is 10.6. The van der Waals surface area contributed by atoms with E-state index in [2.05, 4.69) is 88.1 Å². The summed E-state index contributed by atoms with van der Waals surface area (Å²) >= 11 is 0. The zero-order chi connectivity index (χ0) is 30.1. The van der Waals surface area contributed by atoms with Crippen LogP contribution in [-0.2, 0) is 15.8 Å². The van der Waals surface area contributed by atoms with E-state index in [-0.39, 0.29) is 17.2 Å². The molecule has 0 saturated carbocycles. The molecule has 0 spiro atoms. The molecule has 0 unspecified atom stereocenters. The fourth-order valence-electron chi connectivity index (χ4n) is 6.99. The van der Waals surface area contributed by atoms with Crippen molar-refractivity contribution in [2.75, 3.05) is 0 Å². The number of benzene rings is 4. The van der Waals surface area contributed by atoms with E-state index in [9.17, 15) is 5.11 Å². The summed E-state index contributed by atoms with van der Waals surface area (Å²) in [6.07, 6.45) is 0.897. The van der Waals surface area contributed by atoms with Crippen molar-refractivity contribution in [2.45, 2.75) is 65.0 Å². The van der Waals surface area contributed by atoms with Crippen LogP contribution in [0, 0.1) is 20.8 Å². The van der Waals surface area contributed by atoms with Gasteiger partial charge in [-0.05, 0) is 109 Å². The van der Waals surface area contributed by atoms with Crippen LogP contribution in [0.4, 0.5) is 0 Å². The van der Waals surface area contributed by atoms with Crippen LogP contribution < -0.4 is 4.74 Å². The highest BCUT2D eigenvalue weighted by Crippen LogP contribution is 2.51. The Balaban J connectivity index is 1.34. The summed E-state index contributed by atoms with van der Waals surface area (Å²) < 4.78 is 13.3. The van der Waals surface area contributed by atoms with Crippen LogP contribution in [0.3, 0.4) is 0 Å². The number of pyridine rings is 1. The topological polar surface area (TPSA) is 63.9 Å². The molecule has 0 radical (unpaired) electrons. The standard InChI is InChI=1S/C38H36N2O3/c1-22-16-25-14-15-33(40-35(25)31(41)17-22)42-28-19-26(34-23(2)10-9-11-24(34)3)18-27(20-28)36-39-32-21-37(4,5)29-12-7-8-13-30(29)38(32,6)43-36/h7-20,32,41H,21H2,1-6H3/t32-,38+/m0/s1. The number of phenolic OH excluding ortho intramolecular Hbond substituents is 1. The number of hydrogen-bond acceptors (Lipinski definition) is 5. The first-order chi connectivity index (χ1) is 20.5. The van der Waals surface area contributed by atoms with Crippen LogP contribution in [0.2, 0.25) is 0 Å². The molecule has 5 nitrogen and oxygen atoms in total. The molecule has 2 heterocycles. The van der Waals surface area contributed by atoms with E-state index in [0.29, 0.717) is 23.0 Å². The molecule has 43 heavy (non-hydrogen) atoms. The fraction of sp³-hybridized carbons (Fsp3) is 0.263. The van der Waals surface area contributed by atoms with Crippen molar-refractivity contribution in [1.29, 1.82) is 0 Å². The van der Waals surface area contributed by atoms with Gasteiger partial charge in [0, 0.05) is 22.6 Å². The van der Waals surface area contributed by atoms with Crippen LogP contribution in [0.5, 0.6) is 17.4 Å². The number of aliphatic imine (C=N–C) groups is 1. The molecule has 2 atom stereocenters. The Morgan fingerprint density at radius 3 is 2.30 bits per heavy atom. The molecule has 1 N–H and O–H groups in total. The number of ether oxygens (including phenoxy) is 2. The zero-order valence-corrected chi connectivity index (χ0v) is 25.5. The maximum atomic E-state index is 10.6. The summed E-state index contributed by atoms with van der Waals surface area (Å²) in [5.74, 6) is 1.79. The van der Waals surface area contributed by atoms with Gasteiger partial charge in [-0.3, -0.25) is 0 Å². The first-order valence-corrected chi connectivity index (χ1v) is 14.9. The average molecular weight is 569 g/mol. The Morgan fingerprint density at radius 2 is 1.53 bits per heavy atom. The third-order valence-corrected chi connectivity index (χ3v) is 9.15. The number of hydrogen-bond donors (Lipinski definition) is 1. The predicted molar refractivity (Wildman–Crippen MR) is 172 cm³/mol. The Morgan fingerprint density at radius 1 is 0.814 bits per heavy atom. The molecular weight excluding hydrogens is 532 g/mol. The second-order valence-electron chi connectivity index (χ2n) is 12.9. The maximum Gasteiger partial charge on any atom is 0.219 e. The van der Waals surface area contributed by atoms with Gasteiger partial charge in [0.15, 0.2) is 5.60 Å². The van der Waals surface area contributed by atoms with Crippen LogP contribution in [0.15, 0.2) is 89.9 Å². The third kappa shape index (κ3) is 4.55. The normalized spacial score (nSPS) is 20.2. The number of fused-ring (bicyclic) bond motifs is 4. The highest BCUT2D eigenvalue weighted by molar-refractivity contribution is 5.98. The van der Waals surface area contributed by atoms with Crippen LogP contribution >= 0.6 is 0 Å². The quantitative estimate of drug-likeness (QED) is 0.235. The van der Waals surface area contributed by atoms with Gasteiger partial charge in [0.05, 0.1) is 6.04 Å². The minimum Gasteiger partial charge on any atom is -0.506 e. The molecule has 0 bridgehead atoms. The van der Waals surface area contributed by atoms with Crippen molar-refractivity contribution in [3.8, 4) is 28.5 Å². The average Bonchev–Trinajstić information content (AvgIpc) is 3.30. The Hall–Kier alpha value is -4.64. The van der Waals surface area contributed by atoms with Gasteiger partial charge in [-0.2, -0.15) is 0 Å². The molecule has 1 aliphatic heterocycles. The van der Waals surface area contributed by atoms with E-state index in [1.165, 1.54) is 22.3 Å².